The van der Waals surface area contributed by atoms with Crippen molar-refractivity contribution in [2.24, 2.45) is 0 Å². The van der Waals surface area contributed by atoms with Crippen LogP contribution in [0.25, 0.3) is 0 Å². The van der Waals surface area contributed by atoms with Crippen molar-refractivity contribution < 1.29 is 0 Å². The standard InChI is InChI=1S/C14H32N4/c1-17-11-3-7-15-9-5-13-18(2)14-6-10-16-8-4-12-17/h15-16H,3-14H2,1-2H3. The highest BCUT2D eigenvalue weighted by Gasteiger charge is 2.01. The van der Waals surface area contributed by atoms with Crippen LogP contribution in [0.15, 0.2) is 0 Å². The van der Waals surface area contributed by atoms with Gasteiger partial charge in [-0.15, -0.1) is 0 Å². The van der Waals surface area contributed by atoms with Crippen LogP contribution < -0.4 is 10.6 Å². The van der Waals surface area contributed by atoms with Gasteiger partial charge in [0.15, 0.2) is 0 Å². The lowest BCUT2D eigenvalue weighted by Crippen LogP contribution is -2.31. The molecule has 108 valence electrons. The zero-order valence-corrected chi connectivity index (χ0v) is 12.4. The molecule has 0 aromatic carbocycles. The minimum absolute atomic E-state index is 1.16. The van der Waals surface area contributed by atoms with E-state index in [1.165, 1.54) is 51.9 Å². The summed E-state index contributed by atoms with van der Waals surface area (Å²) < 4.78 is 0. The molecule has 0 bridgehead atoms. The van der Waals surface area contributed by atoms with E-state index in [0.717, 1.165) is 26.2 Å². The number of hydrogen-bond acceptors (Lipinski definition) is 4. The van der Waals surface area contributed by atoms with Crippen LogP contribution in [0.4, 0.5) is 0 Å². The molecule has 0 aromatic rings. The lowest BCUT2D eigenvalue weighted by molar-refractivity contribution is 0.304. The maximum absolute atomic E-state index is 3.54. The van der Waals surface area contributed by atoms with Gasteiger partial charge in [-0.2, -0.15) is 0 Å². The summed E-state index contributed by atoms with van der Waals surface area (Å²) >= 11 is 0. The number of hydrogen-bond donors (Lipinski definition) is 2. The van der Waals surface area contributed by atoms with Crippen molar-refractivity contribution in [1.82, 2.24) is 20.4 Å². The van der Waals surface area contributed by atoms with Crippen molar-refractivity contribution in [3.8, 4) is 0 Å². The Morgan fingerprint density at radius 1 is 0.556 bits per heavy atom. The third-order valence-electron chi connectivity index (χ3n) is 3.57. The molecule has 1 aliphatic heterocycles. The van der Waals surface area contributed by atoms with Crippen molar-refractivity contribution in [3.05, 3.63) is 0 Å². The van der Waals surface area contributed by atoms with E-state index >= 15 is 0 Å². The molecule has 1 rings (SSSR count). The molecule has 0 unspecified atom stereocenters. The molecule has 1 heterocycles. The average molecular weight is 256 g/mol. The number of rotatable bonds is 0. The lowest BCUT2D eigenvalue weighted by Gasteiger charge is -2.19. The molecule has 1 aliphatic rings. The van der Waals surface area contributed by atoms with Crippen LogP contribution in [0.2, 0.25) is 0 Å². The molecule has 1 fully saturated rings. The Bertz CT molecular complexity index is 151. The summed E-state index contributed by atoms with van der Waals surface area (Å²) in [7, 11) is 4.47. The van der Waals surface area contributed by atoms with Crippen LogP contribution in [0.5, 0.6) is 0 Å². The van der Waals surface area contributed by atoms with Gasteiger partial charge in [0, 0.05) is 0 Å². The molecule has 2 N–H and O–H groups in total. The van der Waals surface area contributed by atoms with Crippen LogP contribution >= 0.6 is 0 Å². The van der Waals surface area contributed by atoms with Crippen LogP contribution in [-0.4, -0.2) is 76.3 Å². The summed E-state index contributed by atoms with van der Waals surface area (Å²) in [5, 5.41) is 7.09. The molecule has 1 saturated heterocycles. The van der Waals surface area contributed by atoms with Gasteiger partial charge < -0.3 is 20.4 Å². The highest BCUT2D eigenvalue weighted by molar-refractivity contribution is 4.60. The van der Waals surface area contributed by atoms with E-state index in [-0.39, 0.29) is 0 Å². The SMILES string of the molecule is CN1CCCNCCCN(C)CCCNCCC1. The third kappa shape index (κ3) is 8.86. The summed E-state index contributed by atoms with van der Waals surface area (Å²) in [6.07, 6.45) is 5.05. The first-order valence-corrected chi connectivity index (χ1v) is 7.57. The third-order valence-corrected chi connectivity index (χ3v) is 3.57. The van der Waals surface area contributed by atoms with Crippen molar-refractivity contribution in [2.45, 2.75) is 25.7 Å². The molecule has 4 nitrogen and oxygen atoms in total. The van der Waals surface area contributed by atoms with Gasteiger partial charge in [-0.3, -0.25) is 0 Å². The quantitative estimate of drug-likeness (QED) is 0.665. The van der Waals surface area contributed by atoms with Gasteiger partial charge >= 0.3 is 0 Å². The van der Waals surface area contributed by atoms with E-state index in [9.17, 15) is 0 Å². The van der Waals surface area contributed by atoms with Crippen LogP contribution in [0.3, 0.4) is 0 Å². The molecule has 0 radical (unpaired) electrons. The maximum atomic E-state index is 3.54. The number of nitrogens with one attached hydrogen (secondary N) is 2. The van der Waals surface area contributed by atoms with Crippen molar-refractivity contribution >= 4 is 0 Å². The van der Waals surface area contributed by atoms with Crippen molar-refractivity contribution in [1.29, 1.82) is 0 Å². The van der Waals surface area contributed by atoms with E-state index < -0.39 is 0 Å². The summed E-state index contributed by atoms with van der Waals surface area (Å²) in [5.74, 6) is 0. The highest BCUT2D eigenvalue weighted by Crippen LogP contribution is 1.92. The molecular formula is C14H32N4. The highest BCUT2D eigenvalue weighted by atomic mass is 15.1. The van der Waals surface area contributed by atoms with Crippen LogP contribution in [0.1, 0.15) is 25.7 Å². The van der Waals surface area contributed by atoms with Crippen molar-refractivity contribution in [3.63, 3.8) is 0 Å². The first kappa shape index (κ1) is 15.9. The number of nitrogens with zero attached hydrogens (tertiary/aromatic N) is 2. The fourth-order valence-corrected chi connectivity index (χ4v) is 2.37. The van der Waals surface area contributed by atoms with Gasteiger partial charge in [-0.25, -0.2) is 0 Å². The summed E-state index contributed by atoms with van der Waals surface area (Å²) in [4.78, 5) is 4.89. The fourth-order valence-electron chi connectivity index (χ4n) is 2.37. The van der Waals surface area contributed by atoms with Crippen molar-refractivity contribution in [2.75, 3.05) is 66.5 Å². The molecule has 4 heteroatoms. The summed E-state index contributed by atoms with van der Waals surface area (Å²) in [6, 6.07) is 0. The molecule has 0 saturated carbocycles. The predicted octanol–water partition coefficient (Wildman–Crippen LogP) is 0.603. The van der Waals surface area contributed by atoms with Crippen LogP contribution in [0, 0.1) is 0 Å². The minimum atomic E-state index is 1.16. The molecule has 0 spiro atoms. The Labute approximate surface area is 113 Å². The van der Waals surface area contributed by atoms with E-state index in [1.54, 1.807) is 0 Å². The van der Waals surface area contributed by atoms with Crippen LogP contribution in [-0.2, 0) is 0 Å². The lowest BCUT2D eigenvalue weighted by atomic mass is 10.3. The van der Waals surface area contributed by atoms with E-state index in [1.807, 2.05) is 0 Å². The molecule has 0 amide bonds. The second kappa shape index (κ2) is 10.7. The van der Waals surface area contributed by atoms with Gasteiger partial charge in [0.1, 0.15) is 0 Å². The molecule has 0 aliphatic carbocycles. The smallest absolute Gasteiger partial charge is 0.000968 e. The summed E-state index contributed by atoms with van der Waals surface area (Å²) in [5.41, 5.74) is 0. The Morgan fingerprint density at radius 2 is 0.833 bits per heavy atom. The Kier molecular flexibility index (Phi) is 9.48. The Hall–Kier alpha value is -0.160. The van der Waals surface area contributed by atoms with E-state index in [4.69, 9.17) is 0 Å². The van der Waals surface area contributed by atoms with Gasteiger partial charge in [-0.05, 0) is 92.1 Å². The topological polar surface area (TPSA) is 30.5 Å². The zero-order chi connectivity index (χ0) is 13.1. The maximum Gasteiger partial charge on any atom is -0.000968 e. The van der Waals surface area contributed by atoms with Gasteiger partial charge in [-0.1, -0.05) is 0 Å². The fraction of sp³-hybridized carbons (Fsp3) is 1.00. The summed E-state index contributed by atoms with van der Waals surface area (Å²) in [6.45, 7) is 9.50. The van der Waals surface area contributed by atoms with E-state index in [2.05, 4.69) is 34.5 Å². The largest absolute Gasteiger partial charge is 0.317 e. The predicted molar refractivity (Wildman–Crippen MR) is 79.2 cm³/mol. The first-order valence-electron chi connectivity index (χ1n) is 7.57. The normalized spacial score (nSPS) is 25.0. The first-order chi connectivity index (χ1) is 8.79. The second-order valence-electron chi connectivity index (χ2n) is 5.52. The Balaban J connectivity index is 2.17. The second-order valence-corrected chi connectivity index (χ2v) is 5.52. The molecule has 18 heavy (non-hydrogen) atoms. The van der Waals surface area contributed by atoms with Gasteiger partial charge in [0.2, 0.25) is 0 Å². The molecular weight excluding hydrogens is 224 g/mol. The van der Waals surface area contributed by atoms with E-state index in [0.29, 0.717) is 0 Å². The molecule has 0 aromatic heterocycles. The minimum Gasteiger partial charge on any atom is -0.317 e. The van der Waals surface area contributed by atoms with Gasteiger partial charge in [0.25, 0.3) is 0 Å². The Morgan fingerprint density at radius 3 is 1.11 bits per heavy atom. The zero-order valence-electron chi connectivity index (χ0n) is 12.4. The van der Waals surface area contributed by atoms with Gasteiger partial charge in [0.05, 0.1) is 0 Å². The molecule has 0 atom stereocenters. The average Bonchev–Trinajstić information content (AvgIpc) is 2.35. The monoisotopic (exact) mass is 256 g/mol.